The van der Waals surface area contributed by atoms with Gasteiger partial charge in [-0.1, -0.05) is 12.1 Å². The van der Waals surface area contributed by atoms with E-state index < -0.39 is 6.09 Å². The molecule has 0 bridgehead atoms. The number of nitrogens with one attached hydrogen (secondary N) is 1. The topological polar surface area (TPSA) is 56.1 Å². The minimum Gasteiger partial charge on any atom is -0.442 e. The summed E-state index contributed by atoms with van der Waals surface area (Å²) in [4.78, 5) is 11.1. The van der Waals surface area contributed by atoms with Gasteiger partial charge in [-0.05, 0) is 24.6 Å². The summed E-state index contributed by atoms with van der Waals surface area (Å²) in [6.07, 6.45) is 1.60. The van der Waals surface area contributed by atoms with Crippen LogP contribution in [0, 0.1) is 5.82 Å². The van der Waals surface area contributed by atoms with Crippen LogP contribution in [0.25, 0.3) is 5.69 Å². The molecule has 1 N–H and O–H groups in total. The van der Waals surface area contributed by atoms with Crippen LogP contribution in [-0.2, 0) is 4.74 Å². The van der Waals surface area contributed by atoms with Crippen molar-refractivity contribution in [2.24, 2.45) is 0 Å². The van der Waals surface area contributed by atoms with Crippen molar-refractivity contribution >= 4 is 6.09 Å². The van der Waals surface area contributed by atoms with Crippen LogP contribution in [0.5, 0.6) is 0 Å². The van der Waals surface area contributed by atoms with Crippen molar-refractivity contribution in [3.8, 4) is 5.69 Å². The Labute approximate surface area is 110 Å². The van der Waals surface area contributed by atoms with Gasteiger partial charge in [0.05, 0.1) is 18.1 Å². The number of ether oxygens (including phenoxy) is 1. The number of alkyl carbamates (subject to hydrolysis) is 1. The Morgan fingerprint density at radius 1 is 1.42 bits per heavy atom. The average molecular weight is 263 g/mol. The van der Waals surface area contributed by atoms with Crippen molar-refractivity contribution in [1.29, 1.82) is 0 Å². The number of amides is 1. The second-order valence-corrected chi connectivity index (χ2v) is 3.99. The summed E-state index contributed by atoms with van der Waals surface area (Å²) in [5, 5.41) is 6.26. The van der Waals surface area contributed by atoms with Gasteiger partial charge < -0.3 is 10.1 Å². The average Bonchev–Trinajstić information content (AvgIpc) is 2.85. The predicted molar refractivity (Wildman–Crippen MR) is 67.5 cm³/mol. The van der Waals surface area contributed by atoms with E-state index in [4.69, 9.17) is 4.74 Å². The molecule has 0 saturated carbocycles. The molecule has 0 fully saturated rings. The van der Waals surface area contributed by atoms with Gasteiger partial charge in [-0.2, -0.15) is 5.10 Å². The van der Waals surface area contributed by atoms with Crippen LogP contribution in [0.15, 0.2) is 36.7 Å². The maximum Gasteiger partial charge on any atom is 0.407 e. The third-order valence-electron chi connectivity index (χ3n) is 2.67. The van der Waals surface area contributed by atoms with Gasteiger partial charge in [-0.3, -0.25) is 0 Å². The van der Waals surface area contributed by atoms with Crippen LogP contribution < -0.4 is 5.32 Å². The van der Waals surface area contributed by atoms with Crippen LogP contribution in [0.4, 0.5) is 9.18 Å². The van der Waals surface area contributed by atoms with Crippen LogP contribution in [0.1, 0.15) is 18.6 Å². The number of nitrogens with zero attached hydrogens (tertiary/aromatic N) is 2. The number of carbonyl (C=O) groups is 1. The molecule has 5 nitrogen and oxygen atoms in total. The monoisotopic (exact) mass is 263 g/mol. The Bertz CT molecular complexity index is 566. The van der Waals surface area contributed by atoms with E-state index in [0.29, 0.717) is 0 Å². The molecule has 1 aromatic carbocycles. The van der Waals surface area contributed by atoms with Crippen molar-refractivity contribution in [2.45, 2.75) is 13.0 Å². The SMILES string of the molecule is CNC(=O)OC(C)c1ccc(-n2cc(F)cn2)cc1. The van der Waals surface area contributed by atoms with Gasteiger partial charge in [0.15, 0.2) is 5.82 Å². The zero-order valence-corrected chi connectivity index (χ0v) is 10.6. The van der Waals surface area contributed by atoms with Crippen molar-refractivity contribution in [1.82, 2.24) is 15.1 Å². The number of benzene rings is 1. The van der Waals surface area contributed by atoms with Crippen LogP contribution >= 0.6 is 0 Å². The van der Waals surface area contributed by atoms with E-state index >= 15 is 0 Å². The Kier molecular flexibility index (Phi) is 3.79. The molecule has 0 spiro atoms. The van der Waals surface area contributed by atoms with Gasteiger partial charge >= 0.3 is 6.09 Å². The van der Waals surface area contributed by atoms with Crippen molar-refractivity contribution in [3.63, 3.8) is 0 Å². The predicted octanol–water partition coefficient (Wildman–Crippen LogP) is 2.43. The van der Waals surface area contributed by atoms with Crippen molar-refractivity contribution < 1.29 is 13.9 Å². The first-order valence-corrected chi connectivity index (χ1v) is 5.79. The molecular formula is C13H14FN3O2. The summed E-state index contributed by atoms with van der Waals surface area (Å²) in [5.74, 6) is -0.389. The Morgan fingerprint density at radius 2 is 2.11 bits per heavy atom. The third kappa shape index (κ3) is 3.09. The Balaban J connectivity index is 2.12. The van der Waals surface area contributed by atoms with Crippen LogP contribution in [0.2, 0.25) is 0 Å². The standard InChI is InChI=1S/C13H14FN3O2/c1-9(19-13(18)15-2)10-3-5-12(6-4-10)17-8-11(14)7-16-17/h3-9H,1-2H3,(H,15,18). The zero-order chi connectivity index (χ0) is 13.8. The summed E-state index contributed by atoms with van der Waals surface area (Å²) in [6, 6.07) is 7.18. The molecule has 1 heterocycles. The maximum absolute atomic E-state index is 12.9. The second kappa shape index (κ2) is 5.51. The molecule has 19 heavy (non-hydrogen) atoms. The van der Waals surface area contributed by atoms with Gasteiger partial charge in [0.2, 0.25) is 0 Å². The van der Waals surface area contributed by atoms with E-state index in [1.807, 2.05) is 12.1 Å². The second-order valence-electron chi connectivity index (χ2n) is 3.99. The number of carbonyl (C=O) groups excluding carboxylic acids is 1. The maximum atomic E-state index is 12.9. The quantitative estimate of drug-likeness (QED) is 0.925. The summed E-state index contributed by atoms with van der Waals surface area (Å²) in [6.45, 7) is 1.78. The summed E-state index contributed by atoms with van der Waals surface area (Å²) >= 11 is 0. The molecule has 100 valence electrons. The first kappa shape index (κ1) is 13.1. The molecular weight excluding hydrogens is 249 g/mol. The van der Waals surface area contributed by atoms with Crippen LogP contribution in [-0.4, -0.2) is 22.9 Å². The van der Waals surface area contributed by atoms with E-state index in [1.165, 1.54) is 17.9 Å². The lowest BCUT2D eigenvalue weighted by molar-refractivity contribution is 0.109. The molecule has 0 radical (unpaired) electrons. The van der Waals surface area contributed by atoms with Gasteiger partial charge in [0.25, 0.3) is 0 Å². The Hall–Kier alpha value is -2.37. The molecule has 0 saturated heterocycles. The van der Waals surface area contributed by atoms with E-state index in [0.717, 1.165) is 17.4 Å². The fraction of sp³-hybridized carbons (Fsp3) is 0.231. The fourth-order valence-electron chi connectivity index (χ4n) is 1.63. The molecule has 1 unspecified atom stereocenters. The lowest BCUT2D eigenvalue weighted by Crippen LogP contribution is -2.20. The van der Waals surface area contributed by atoms with Gasteiger partial charge in [-0.15, -0.1) is 0 Å². The molecule has 6 heteroatoms. The highest BCUT2D eigenvalue weighted by molar-refractivity contribution is 5.67. The molecule has 0 aliphatic carbocycles. The highest BCUT2D eigenvalue weighted by atomic mass is 19.1. The van der Waals surface area contributed by atoms with Crippen LogP contribution in [0.3, 0.4) is 0 Å². The molecule has 1 aromatic heterocycles. The van der Waals surface area contributed by atoms with Gasteiger partial charge in [0, 0.05) is 7.05 Å². The lowest BCUT2D eigenvalue weighted by atomic mass is 10.1. The fourth-order valence-corrected chi connectivity index (χ4v) is 1.63. The van der Waals surface area contributed by atoms with Gasteiger partial charge in [-0.25, -0.2) is 13.9 Å². The number of hydrogen-bond acceptors (Lipinski definition) is 3. The summed E-state index contributed by atoms with van der Waals surface area (Å²) in [5.41, 5.74) is 1.58. The van der Waals surface area contributed by atoms with E-state index in [1.54, 1.807) is 19.1 Å². The number of rotatable bonds is 3. The molecule has 0 aliphatic heterocycles. The highest BCUT2D eigenvalue weighted by Crippen LogP contribution is 2.18. The third-order valence-corrected chi connectivity index (χ3v) is 2.67. The molecule has 2 aromatic rings. The van der Waals surface area contributed by atoms with Crippen molar-refractivity contribution in [3.05, 3.63) is 48.0 Å². The van der Waals surface area contributed by atoms with Crippen molar-refractivity contribution in [2.75, 3.05) is 7.05 Å². The molecule has 2 rings (SSSR count). The largest absolute Gasteiger partial charge is 0.442 e. The normalized spacial score (nSPS) is 11.9. The Morgan fingerprint density at radius 3 is 2.63 bits per heavy atom. The van der Waals surface area contributed by atoms with Gasteiger partial charge in [0.1, 0.15) is 6.10 Å². The summed E-state index contributed by atoms with van der Waals surface area (Å²) in [7, 11) is 1.50. The zero-order valence-electron chi connectivity index (χ0n) is 10.6. The molecule has 1 amide bonds. The number of aromatic nitrogens is 2. The minimum atomic E-state index is -0.481. The molecule has 1 atom stereocenters. The number of hydrogen-bond donors (Lipinski definition) is 1. The minimum absolute atomic E-state index is 0.358. The first-order chi connectivity index (χ1) is 9.10. The lowest BCUT2D eigenvalue weighted by Gasteiger charge is -2.13. The molecule has 0 aliphatic rings. The van der Waals surface area contributed by atoms with E-state index in [9.17, 15) is 9.18 Å². The smallest absolute Gasteiger partial charge is 0.407 e. The highest BCUT2D eigenvalue weighted by Gasteiger charge is 2.10. The summed E-state index contributed by atoms with van der Waals surface area (Å²) < 4.78 is 19.4. The first-order valence-electron chi connectivity index (χ1n) is 5.79. The van der Waals surface area contributed by atoms with E-state index in [2.05, 4.69) is 10.4 Å². The number of halogens is 1. The van der Waals surface area contributed by atoms with E-state index in [-0.39, 0.29) is 11.9 Å².